The first-order chi connectivity index (χ1) is 29.1. The highest BCUT2D eigenvalue weighted by Gasteiger charge is 2.30. The van der Waals surface area contributed by atoms with Crippen LogP contribution >= 0.6 is 34.7 Å². The van der Waals surface area contributed by atoms with E-state index in [0.29, 0.717) is 37.0 Å². The van der Waals surface area contributed by atoms with Crippen LogP contribution in [-0.2, 0) is 16.1 Å². The number of thiazole rings is 1. The summed E-state index contributed by atoms with van der Waals surface area (Å²) in [5.41, 5.74) is 11.7. The van der Waals surface area contributed by atoms with E-state index in [4.69, 9.17) is 22.1 Å². The third-order valence-corrected chi connectivity index (χ3v) is 14.6. The Morgan fingerprint density at radius 3 is 2.53 bits per heavy atom. The molecule has 0 aliphatic carbocycles. The molecule has 2 amide bonds. The Bertz CT molecular complexity index is 2050. The Balaban J connectivity index is 0.845. The average molecular weight is 876 g/mol. The number of amides is 2. The minimum atomic E-state index is -0.0918. The Morgan fingerprint density at radius 2 is 1.82 bits per heavy atom. The molecule has 60 heavy (non-hydrogen) atoms. The molecule has 0 spiro atoms. The molecule has 2 aromatic carbocycles. The number of hydrogen-bond donors (Lipinski definition) is 3. The van der Waals surface area contributed by atoms with Gasteiger partial charge in [-0.1, -0.05) is 54.9 Å². The van der Waals surface area contributed by atoms with Gasteiger partial charge in [-0.25, -0.2) is 15.0 Å². The van der Waals surface area contributed by atoms with Gasteiger partial charge < -0.3 is 30.9 Å². The van der Waals surface area contributed by atoms with Gasteiger partial charge in [-0.05, 0) is 88.3 Å². The number of hydrogen-bond acceptors (Lipinski definition) is 13. The number of piperazine rings is 1. The predicted octanol–water partition coefficient (Wildman–Crippen LogP) is 6.40. The molecule has 0 radical (unpaired) electrons. The van der Waals surface area contributed by atoms with E-state index in [1.807, 2.05) is 43.9 Å². The number of nitrogens with one attached hydrogen (secondary N) is 2. The van der Waals surface area contributed by atoms with Crippen LogP contribution in [-0.4, -0.2) is 127 Å². The topological polar surface area (TPSA) is 145 Å². The number of rotatable bonds is 16. The maximum Gasteiger partial charge on any atom is 0.238 e. The largest absolute Gasteiger partial charge is 0.493 e. The second kappa shape index (κ2) is 20.8. The minimum absolute atomic E-state index is 0.0763. The van der Waals surface area contributed by atoms with Crippen molar-refractivity contribution >= 4 is 58.0 Å². The zero-order chi connectivity index (χ0) is 42.1. The highest BCUT2D eigenvalue weighted by Crippen LogP contribution is 2.37. The first-order valence-corrected chi connectivity index (χ1v) is 23.3. The molecule has 5 heterocycles. The Morgan fingerprint density at radius 1 is 1.02 bits per heavy atom. The lowest BCUT2D eigenvalue weighted by Crippen LogP contribution is -2.48. The summed E-state index contributed by atoms with van der Waals surface area (Å²) in [4.78, 5) is 51.0. The van der Waals surface area contributed by atoms with Gasteiger partial charge in [0.15, 0.2) is 0 Å². The molecular weight excluding hydrogens is 816 g/mol. The second-order valence-corrected chi connectivity index (χ2v) is 18.9. The molecule has 16 heteroatoms. The number of likely N-dealkylation sites (tertiary alicyclic amines) is 1. The van der Waals surface area contributed by atoms with Gasteiger partial charge in [-0.2, -0.15) is 0 Å². The molecule has 4 aromatic rings. The Labute approximate surface area is 367 Å². The zero-order valence-corrected chi connectivity index (χ0v) is 37.5. The summed E-state index contributed by atoms with van der Waals surface area (Å²) < 4.78 is 6.43. The van der Waals surface area contributed by atoms with Gasteiger partial charge in [-0.3, -0.25) is 19.4 Å². The van der Waals surface area contributed by atoms with Crippen LogP contribution in [0.15, 0.2) is 64.2 Å². The molecule has 2 aromatic heterocycles. The number of halogens is 1. The Kier molecular flexibility index (Phi) is 15.4. The number of aryl methyl sites for hydroxylation is 1. The first-order valence-electron chi connectivity index (χ1n) is 21.2. The first kappa shape index (κ1) is 44.2. The van der Waals surface area contributed by atoms with Crippen LogP contribution < -0.4 is 26.0 Å². The highest BCUT2D eigenvalue weighted by atomic mass is 35.5. The summed E-state index contributed by atoms with van der Waals surface area (Å²) in [5.74, 6) is 1.65. The van der Waals surface area contributed by atoms with Gasteiger partial charge in [0.05, 0.1) is 58.4 Å². The molecule has 1 atom stereocenters. The quantitative estimate of drug-likeness (QED) is 0.107. The molecule has 1 unspecified atom stereocenters. The molecule has 3 fully saturated rings. The number of piperidine rings is 2. The summed E-state index contributed by atoms with van der Waals surface area (Å²) in [6.45, 7) is 13.3. The van der Waals surface area contributed by atoms with Crippen LogP contribution in [0.5, 0.6) is 5.75 Å². The number of benzene rings is 2. The van der Waals surface area contributed by atoms with E-state index in [0.717, 1.165) is 134 Å². The van der Waals surface area contributed by atoms with Gasteiger partial charge in [0.25, 0.3) is 0 Å². The fraction of sp³-hybridized carbons (Fsp3) is 0.523. The number of anilines is 2. The van der Waals surface area contributed by atoms with E-state index in [-0.39, 0.29) is 23.3 Å². The predicted molar refractivity (Wildman–Crippen MR) is 242 cm³/mol. The Hall–Kier alpha value is -3.83. The number of nitrogens with two attached hydrogens (primary N) is 1. The molecular formula is C44H59ClN10O3S2. The fourth-order valence-electron chi connectivity index (χ4n) is 8.10. The van der Waals surface area contributed by atoms with Gasteiger partial charge in [-0.15, -0.1) is 11.3 Å². The number of carbonyl (C=O) groups is 2. The van der Waals surface area contributed by atoms with Crippen LogP contribution in [0.3, 0.4) is 0 Å². The SMILES string of the molecule is Cc1ncsc1-c1ccc(CNC(=O)C2CCCCN2C)c(OCCCN2CCN(CC(=O)Nc3cccc(Sc4cnc(N5CCC(C)(CN)CC5)cn4)c3Cl)CC2)c1. The fourth-order valence-corrected chi connectivity index (χ4v) is 9.97. The van der Waals surface area contributed by atoms with E-state index in [9.17, 15) is 9.59 Å². The number of carbonyl (C=O) groups excluding carboxylic acids is 2. The van der Waals surface area contributed by atoms with E-state index in [2.05, 4.69) is 70.3 Å². The van der Waals surface area contributed by atoms with Gasteiger partial charge in [0.1, 0.15) is 16.6 Å². The lowest BCUT2D eigenvalue weighted by Gasteiger charge is -2.39. The molecule has 0 bridgehead atoms. The third kappa shape index (κ3) is 11.5. The summed E-state index contributed by atoms with van der Waals surface area (Å²) in [7, 11) is 2.03. The van der Waals surface area contributed by atoms with Crippen molar-refractivity contribution in [3.8, 4) is 16.2 Å². The molecule has 0 saturated carbocycles. The van der Waals surface area contributed by atoms with Crippen molar-refractivity contribution in [2.45, 2.75) is 74.9 Å². The van der Waals surface area contributed by atoms with Crippen LogP contribution in [0.4, 0.5) is 11.5 Å². The van der Waals surface area contributed by atoms with E-state index < -0.39 is 0 Å². The molecule has 3 saturated heterocycles. The normalized spacial score (nSPS) is 18.9. The maximum atomic E-state index is 13.2. The second-order valence-electron chi connectivity index (χ2n) is 16.6. The summed E-state index contributed by atoms with van der Waals surface area (Å²) in [5, 5.41) is 7.44. The molecule has 13 nitrogen and oxygen atoms in total. The van der Waals surface area contributed by atoms with Crippen molar-refractivity contribution in [3.05, 3.63) is 70.6 Å². The van der Waals surface area contributed by atoms with Crippen molar-refractivity contribution < 1.29 is 14.3 Å². The summed E-state index contributed by atoms with van der Waals surface area (Å²) in [6, 6.07) is 11.8. The summed E-state index contributed by atoms with van der Waals surface area (Å²) in [6.07, 6.45) is 9.66. The van der Waals surface area contributed by atoms with Crippen molar-refractivity contribution in [2.75, 3.05) is 89.3 Å². The van der Waals surface area contributed by atoms with Crippen molar-refractivity contribution in [2.24, 2.45) is 11.1 Å². The van der Waals surface area contributed by atoms with E-state index in [1.54, 1.807) is 17.5 Å². The van der Waals surface area contributed by atoms with Crippen LogP contribution in [0.25, 0.3) is 10.4 Å². The van der Waals surface area contributed by atoms with Gasteiger partial charge in [0.2, 0.25) is 11.8 Å². The zero-order valence-electron chi connectivity index (χ0n) is 35.1. The maximum absolute atomic E-state index is 13.2. The van der Waals surface area contributed by atoms with Gasteiger partial charge in [0, 0.05) is 62.8 Å². The van der Waals surface area contributed by atoms with Crippen LogP contribution in [0.2, 0.25) is 5.02 Å². The highest BCUT2D eigenvalue weighted by molar-refractivity contribution is 7.99. The van der Waals surface area contributed by atoms with Crippen molar-refractivity contribution in [3.63, 3.8) is 0 Å². The average Bonchev–Trinajstić information content (AvgIpc) is 3.70. The number of ether oxygens (including phenoxy) is 1. The number of nitrogens with zero attached hydrogens (tertiary/aromatic N) is 7. The van der Waals surface area contributed by atoms with Crippen molar-refractivity contribution in [1.29, 1.82) is 0 Å². The standard InChI is InChI=1S/C44H59ClN10O3S2/c1-31-42(59-30-50-31)32-11-12-33(25-49-43(57)35-9-4-5-15-52(35)3)36(24-32)58-23-7-16-53-19-21-54(22-20-53)28-39(56)51-34-8-6-10-37(41(34)45)60-40-27-47-38(26-48-40)55-17-13-44(2,29-46)14-18-55/h6,8,10-12,24,26-27,30,35H,4-5,7,9,13-23,25,28-29,46H2,1-3H3,(H,49,57)(H,51,56). The lowest BCUT2D eigenvalue weighted by atomic mass is 9.80. The molecule has 322 valence electrons. The van der Waals surface area contributed by atoms with Crippen molar-refractivity contribution in [1.82, 2.24) is 35.0 Å². The number of aromatic nitrogens is 3. The molecule has 4 N–H and O–H groups in total. The van der Waals surface area contributed by atoms with E-state index >= 15 is 0 Å². The molecule has 3 aliphatic rings. The smallest absolute Gasteiger partial charge is 0.238 e. The molecule has 3 aliphatic heterocycles. The number of likely N-dealkylation sites (N-methyl/N-ethyl adjacent to an activating group) is 1. The summed E-state index contributed by atoms with van der Waals surface area (Å²) >= 11 is 9.86. The van der Waals surface area contributed by atoms with Crippen LogP contribution in [0.1, 0.15) is 56.7 Å². The monoisotopic (exact) mass is 874 g/mol. The minimum Gasteiger partial charge on any atom is -0.493 e. The third-order valence-electron chi connectivity index (χ3n) is 12.2. The lowest BCUT2D eigenvalue weighted by molar-refractivity contribution is -0.127. The van der Waals surface area contributed by atoms with Gasteiger partial charge >= 0.3 is 0 Å². The molecule has 7 rings (SSSR count). The van der Waals surface area contributed by atoms with E-state index in [1.165, 1.54) is 11.8 Å². The van der Waals surface area contributed by atoms with Crippen LogP contribution in [0, 0.1) is 12.3 Å².